The second-order valence-electron chi connectivity index (χ2n) is 3.21. The average Bonchev–Trinajstić information content (AvgIpc) is 2.64. The number of rotatable bonds is 2. The van der Waals surface area contributed by atoms with Gasteiger partial charge in [-0.2, -0.15) is 5.10 Å². The van der Waals surface area contributed by atoms with Crippen molar-refractivity contribution in [2.45, 2.75) is 6.92 Å². The third kappa shape index (κ3) is 2.27. The molecule has 0 spiro atoms. The van der Waals surface area contributed by atoms with Crippen molar-refractivity contribution >= 4 is 27.7 Å². The molecule has 2 aromatic heterocycles. The van der Waals surface area contributed by atoms with Crippen molar-refractivity contribution in [2.24, 2.45) is 0 Å². The van der Waals surface area contributed by atoms with Crippen LogP contribution < -0.4 is 5.32 Å². The summed E-state index contributed by atoms with van der Waals surface area (Å²) in [4.78, 5) is 15.9. The van der Waals surface area contributed by atoms with E-state index in [-0.39, 0.29) is 5.91 Å². The predicted octanol–water partition coefficient (Wildman–Crippen LogP) is 2.13. The van der Waals surface area contributed by atoms with Crippen molar-refractivity contribution in [3.8, 4) is 0 Å². The Morgan fingerprint density at radius 1 is 1.50 bits per heavy atom. The van der Waals surface area contributed by atoms with Gasteiger partial charge in [-0.05, 0) is 35.0 Å². The second-order valence-corrected chi connectivity index (χ2v) is 4.02. The van der Waals surface area contributed by atoms with Crippen LogP contribution in [0.25, 0.3) is 0 Å². The van der Waals surface area contributed by atoms with Gasteiger partial charge >= 0.3 is 0 Å². The Balaban J connectivity index is 2.17. The van der Waals surface area contributed by atoms with Gasteiger partial charge in [0.25, 0.3) is 5.91 Å². The molecule has 6 heteroatoms. The predicted molar refractivity (Wildman–Crippen MR) is 63.2 cm³/mol. The summed E-state index contributed by atoms with van der Waals surface area (Å²) < 4.78 is 0.675. The number of halogens is 1. The van der Waals surface area contributed by atoms with Crippen LogP contribution >= 0.6 is 15.9 Å². The number of nitrogens with zero attached hydrogens (tertiary/aromatic N) is 2. The number of amides is 1. The summed E-state index contributed by atoms with van der Waals surface area (Å²) in [5.74, 6) is 0.275. The molecule has 0 aliphatic carbocycles. The molecule has 2 N–H and O–H groups in total. The van der Waals surface area contributed by atoms with Gasteiger partial charge in [-0.25, -0.2) is 4.98 Å². The fourth-order valence-corrected chi connectivity index (χ4v) is 1.58. The van der Waals surface area contributed by atoms with E-state index in [4.69, 9.17) is 0 Å². The van der Waals surface area contributed by atoms with E-state index in [1.165, 1.54) is 6.20 Å². The number of carbonyl (C=O) groups is 1. The van der Waals surface area contributed by atoms with Crippen LogP contribution in [0.5, 0.6) is 0 Å². The molecule has 82 valence electrons. The lowest BCUT2D eigenvalue weighted by Gasteiger charge is -2.03. The molecule has 0 unspecified atom stereocenters. The summed E-state index contributed by atoms with van der Waals surface area (Å²) in [5, 5.41) is 9.18. The molecule has 0 atom stereocenters. The number of hydrogen-bond acceptors (Lipinski definition) is 3. The number of aromatic amines is 1. The maximum absolute atomic E-state index is 11.8. The van der Waals surface area contributed by atoms with Gasteiger partial charge < -0.3 is 5.32 Å². The van der Waals surface area contributed by atoms with Crippen molar-refractivity contribution in [1.29, 1.82) is 0 Å². The highest BCUT2D eigenvalue weighted by molar-refractivity contribution is 9.10. The molecule has 2 heterocycles. The number of pyridine rings is 1. The highest BCUT2D eigenvalue weighted by Gasteiger charge is 2.11. The van der Waals surface area contributed by atoms with Crippen molar-refractivity contribution in [3.63, 3.8) is 0 Å². The average molecular weight is 281 g/mol. The van der Waals surface area contributed by atoms with Gasteiger partial charge in [0.2, 0.25) is 0 Å². The first kappa shape index (κ1) is 10.8. The molecule has 2 rings (SSSR count). The second kappa shape index (κ2) is 4.44. The first-order valence-corrected chi connectivity index (χ1v) is 5.40. The van der Waals surface area contributed by atoms with Gasteiger partial charge in [0.05, 0.1) is 11.8 Å². The molecule has 0 saturated carbocycles. The molecule has 0 aliphatic rings. The largest absolute Gasteiger partial charge is 0.306 e. The number of hydrogen-bond donors (Lipinski definition) is 2. The summed E-state index contributed by atoms with van der Waals surface area (Å²) in [6, 6.07) is 5.31. The van der Waals surface area contributed by atoms with E-state index < -0.39 is 0 Å². The third-order valence-electron chi connectivity index (χ3n) is 2.03. The fraction of sp³-hybridized carbons (Fsp3) is 0.100. The molecule has 0 bridgehead atoms. The Hall–Kier alpha value is -1.69. The topological polar surface area (TPSA) is 70.7 Å². The molecule has 1 amide bonds. The number of aromatic nitrogens is 3. The van der Waals surface area contributed by atoms with Crippen LogP contribution in [0.4, 0.5) is 5.82 Å². The van der Waals surface area contributed by atoms with Gasteiger partial charge in [0, 0.05) is 5.69 Å². The van der Waals surface area contributed by atoms with E-state index in [1.54, 1.807) is 25.1 Å². The summed E-state index contributed by atoms with van der Waals surface area (Å²) in [5.41, 5.74) is 1.24. The number of carbonyl (C=O) groups excluding carboxylic acids is 1. The molecule has 2 aromatic rings. The van der Waals surface area contributed by atoms with Crippen LogP contribution in [0.1, 0.15) is 16.1 Å². The highest BCUT2D eigenvalue weighted by atomic mass is 79.9. The van der Waals surface area contributed by atoms with Crippen molar-refractivity contribution < 1.29 is 4.79 Å². The minimum atomic E-state index is -0.225. The number of nitrogens with one attached hydrogen (secondary N) is 2. The van der Waals surface area contributed by atoms with Gasteiger partial charge in [-0.3, -0.25) is 9.89 Å². The van der Waals surface area contributed by atoms with Gasteiger partial charge in [-0.1, -0.05) is 6.07 Å². The molecule has 0 saturated heterocycles. The lowest BCUT2D eigenvalue weighted by Crippen LogP contribution is -2.13. The minimum absolute atomic E-state index is 0.225. The van der Waals surface area contributed by atoms with Crippen LogP contribution in [0.3, 0.4) is 0 Å². The monoisotopic (exact) mass is 280 g/mol. The first-order valence-electron chi connectivity index (χ1n) is 4.60. The summed E-state index contributed by atoms with van der Waals surface area (Å²) in [7, 11) is 0. The van der Waals surface area contributed by atoms with Crippen molar-refractivity contribution in [1.82, 2.24) is 15.2 Å². The van der Waals surface area contributed by atoms with Gasteiger partial charge in [-0.15, -0.1) is 0 Å². The molecule has 16 heavy (non-hydrogen) atoms. The molecular weight excluding hydrogens is 272 g/mol. The molecule has 0 fully saturated rings. The minimum Gasteiger partial charge on any atom is -0.306 e. The lowest BCUT2D eigenvalue weighted by molar-refractivity contribution is 0.102. The van der Waals surface area contributed by atoms with Crippen LogP contribution in [-0.4, -0.2) is 21.1 Å². The zero-order chi connectivity index (χ0) is 11.5. The Morgan fingerprint density at radius 2 is 2.31 bits per heavy atom. The standard InChI is InChI=1S/C10H9BrN4O/c1-6-7(5-12-15-6)10(16)14-9-4-2-3-8(11)13-9/h2-5H,1H3,(H,12,15)(H,13,14,16). The lowest BCUT2D eigenvalue weighted by atomic mass is 10.2. The number of anilines is 1. The molecule has 0 aromatic carbocycles. The SMILES string of the molecule is Cc1[nH]ncc1C(=O)Nc1cccc(Br)n1. The summed E-state index contributed by atoms with van der Waals surface area (Å²) in [6.07, 6.45) is 1.49. The van der Waals surface area contributed by atoms with Gasteiger partial charge in [0.15, 0.2) is 0 Å². The Morgan fingerprint density at radius 3 is 2.94 bits per heavy atom. The van der Waals surface area contributed by atoms with Crippen LogP contribution in [0, 0.1) is 6.92 Å². The zero-order valence-corrected chi connectivity index (χ0v) is 10.1. The Kier molecular flexibility index (Phi) is 3.00. The van der Waals surface area contributed by atoms with E-state index in [2.05, 4.69) is 36.4 Å². The summed E-state index contributed by atoms with van der Waals surface area (Å²) in [6.45, 7) is 1.79. The van der Waals surface area contributed by atoms with Crippen molar-refractivity contribution in [2.75, 3.05) is 5.32 Å². The van der Waals surface area contributed by atoms with E-state index in [1.807, 2.05) is 0 Å². The maximum atomic E-state index is 11.8. The smallest absolute Gasteiger partial charge is 0.260 e. The van der Waals surface area contributed by atoms with Crippen LogP contribution in [0.2, 0.25) is 0 Å². The van der Waals surface area contributed by atoms with Crippen LogP contribution in [-0.2, 0) is 0 Å². The maximum Gasteiger partial charge on any atom is 0.260 e. The van der Waals surface area contributed by atoms with E-state index in [0.29, 0.717) is 16.0 Å². The van der Waals surface area contributed by atoms with Crippen LogP contribution in [0.15, 0.2) is 29.0 Å². The van der Waals surface area contributed by atoms with E-state index >= 15 is 0 Å². The number of H-pyrrole nitrogens is 1. The fourth-order valence-electron chi connectivity index (χ4n) is 1.24. The van der Waals surface area contributed by atoms with E-state index in [0.717, 1.165) is 5.69 Å². The first-order chi connectivity index (χ1) is 7.66. The van der Waals surface area contributed by atoms with Crippen molar-refractivity contribution in [3.05, 3.63) is 40.3 Å². The third-order valence-corrected chi connectivity index (χ3v) is 2.47. The molecule has 0 aliphatic heterocycles. The quantitative estimate of drug-likeness (QED) is 0.828. The molecule has 5 nitrogen and oxygen atoms in total. The summed E-state index contributed by atoms with van der Waals surface area (Å²) >= 11 is 3.23. The zero-order valence-electron chi connectivity index (χ0n) is 8.49. The molecular formula is C10H9BrN4O. The Labute approximate surface area is 100 Å². The number of aryl methyl sites for hydroxylation is 1. The highest BCUT2D eigenvalue weighted by Crippen LogP contribution is 2.12. The normalized spacial score (nSPS) is 10.1. The van der Waals surface area contributed by atoms with E-state index in [9.17, 15) is 4.79 Å². The Bertz CT molecular complexity index is 523. The molecule has 0 radical (unpaired) electrons. The van der Waals surface area contributed by atoms with Gasteiger partial charge in [0.1, 0.15) is 10.4 Å².